The summed E-state index contributed by atoms with van der Waals surface area (Å²) < 4.78 is 0.711. The average Bonchev–Trinajstić information content (AvgIpc) is 3.30. The number of hydrogen-bond donors (Lipinski definition) is 2. The van der Waals surface area contributed by atoms with E-state index in [2.05, 4.69) is 21.4 Å². The van der Waals surface area contributed by atoms with E-state index in [0.717, 1.165) is 24.8 Å². The Hall–Kier alpha value is -3.06. The van der Waals surface area contributed by atoms with E-state index in [-0.39, 0.29) is 11.5 Å². The molecule has 0 fully saturated rings. The Kier molecular flexibility index (Phi) is 4.22. The Balaban J connectivity index is 1.57. The van der Waals surface area contributed by atoms with Crippen LogP contribution in [0.15, 0.2) is 42.7 Å². The van der Waals surface area contributed by atoms with Gasteiger partial charge in [-0.25, -0.2) is 9.78 Å². The largest absolute Gasteiger partial charge is 0.478 e. The van der Waals surface area contributed by atoms with Gasteiger partial charge in [0.2, 0.25) is 0 Å². The summed E-state index contributed by atoms with van der Waals surface area (Å²) in [6.07, 6.45) is 8.71. The van der Waals surface area contributed by atoms with Crippen LogP contribution < -0.4 is 5.32 Å². The third kappa shape index (κ3) is 3.21. The SMILES string of the molecule is O=C(O)c1ccc2nc(NC(=O)c3cncc(C4=CCCC4)c3)sc2c1. The first-order valence-electron chi connectivity index (χ1n) is 8.20. The van der Waals surface area contributed by atoms with E-state index in [0.29, 0.717) is 20.9 Å². The Morgan fingerprint density at radius 2 is 2.04 bits per heavy atom. The third-order valence-electron chi connectivity index (χ3n) is 4.27. The maximum atomic E-state index is 12.5. The van der Waals surface area contributed by atoms with Crippen LogP contribution in [0.4, 0.5) is 5.13 Å². The molecule has 2 N–H and O–H groups in total. The van der Waals surface area contributed by atoms with Gasteiger partial charge in [-0.1, -0.05) is 17.4 Å². The van der Waals surface area contributed by atoms with Crippen LogP contribution in [0.5, 0.6) is 0 Å². The third-order valence-corrected chi connectivity index (χ3v) is 5.20. The van der Waals surface area contributed by atoms with Crippen molar-refractivity contribution in [2.24, 2.45) is 0 Å². The van der Waals surface area contributed by atoms with E-state index in [1.807, 2.05) is 6.07 Å². The van der Waals surface area contributed by atoms with Gasteiger partial charge in [-0.05, 0) is 54.7 Å². The molecule has 2 heterocycles. The molecule has 1 aromatic carbocycles. The van der Waals surface area contributed by atoms with E-state index >= 15 is 0 Å². The Morgan fingerprint density at radius 3 is 2.81 bits per heavy atom. The summed E-state index contributed by atoms with van der Waals surface area (Å²) in [5, 5.41) is 12.3. The van der Waals surface area contributed by atoms with Gasteiger partial charge in [0.25, 0.3) is 5.91 Å². The number of benzene rings is 1. The van der Waals surface area contributed by atoms with E-state index in [1.54, 1.807) is 18.3 Å². The summed E-state index contributed by atoms with van der Waals surface area (Å²) in [7, 11) is 0. The van der Waals surface area contributed by atoms with E-state index < -0.39 is 5.97 Å². The fourth-order valence-electron chi connectivity index (χ4n) is 2.95. The van der Waals surface area contributed by atoms with Gasteiger partial charge in [0.1, 0.15) is 0 Å². The van der Waals surface area contributed by atoms with Crippen molar-refractivity contribution in [2.75, 3.05) is 5.32 Å². The highest BCUT2D eigenvalue weighted by atomic mass is 32.1. The van der Waals surface area contributed by atoms with E-state index in [1.165, 1.54) is 29.2 Å². The van der Waals surface area contributed by atoms with Crippen LogP contribution in [-0.4, -0.2) is 27.0 Å². The fraction of sp³-hybridized carbons (Fsp3) is 0.158. The van der Waals surface area contributed by atoms with Crippen molar-refractivity contribution in [3.63, 3.8) is 0 Å². The number of carboxylic acid groups (broad SMARTS) is 1. The number of carboxylic acids is 1. The molecule has 0 bridgehead atoms. The lowest BCUT2D eigenvalue weighted by Gasteiger charge is -2.05. The average molecular weight is 365 g/mol. The number of nitrogens with zero attached hydrogens (tertiary/aromatic N) is 2. The fourth-order valence-corrected chi connectivity index (χ4v) is 3.85. The minimum absolute atomic E-state index is 0.195. The van der Waals surface area contributed by atoms with E-state index in [4.69, 9.17) is 5.11 Å². The molecule has 2 aromatic heterocycles. The van der Waals surface area contributed by atoms with Gasteiger partial charge >= 0.3 is 5.97 Å². The second kappa shape index (κ2) is 6.68. The van der Waals surface area contributed by atoms with Crippen molar-refractivity contribution in [1.82, 2.24) is 9.97 Å². The van der Waals surface area contributed by atoms with Gasteiger partial charge in [-0.3, -0.25) is 15.1 Å². The zero-order valence-corrected chi connectivity index (χ0v) is 14.5. The number of carbonyl (C=O) groups excluding carboxylic acids is 1. The monoisotopic (exact) mass is 365 g/mol. The Labute approximate surface area is 153 Å². The van der Waals surface area contributed by atoms with Crippen molar-refractivity contribution >= 4 is 44.1 Å². The molecule has 26 heavy (non-hydrogen) atoms. The molecule has 0 unspecified atom stereocenters. The van der Waals surface area contributed by atoms with Crippen molar-refractivity contribution in [3.8, 4) is 0 Å². The first kappa shape index (κ1) is 16.4. The second-order valence-electron chi connectivity index (χ2n) is 6.04. The molecule has 4 rings (SSSR count). The molecule has 1 aliphatic carbocycles. The number of thiazole rings is 1. The topological polar surface area (TPSA) is 92.2 Å². The van der Waals surface area contributed by atoms with Gasteiger partial charge in [-0.2, -0.15) is 0 Å². The molecule has 0 radical (unpaired) electrons. The normalized spacial score (nSPS) is 13.6. The number of nitrogens with one attached hydrogen (secondary N) is 1. The van der Waals surface area contributed by atoms with Crippen LogP contribution in [0.3, 0.4) is 0 Å². The summed E-state index contributed by atoms with van der Waals surface area (Å²) in [6, 6.07) is 6.54. The molecule has 3 aromatic rings. The van der Waals surface area contributed by atoms with Crippen LogP contribution in [0.25, 0.3) is 15.8 Å². The highest BCUT2D eigenvalue weighted by Gasteiger charge is 2.14. The molecule has 130 valence electrons. The number of pyridine rings is 1. The molecule has 0 saturated carbocycles. The van der Waals surface area contributed by atoms with Crippen molar-refractivity contribution in [2.45, 2.75) is 19.3 Å². The maximum absolute atomic E-state index is 12.5. The molecular formula is C19H15N3O3S. The number of fused-ring (bicyclic) bond motifs is 1. The lowest BCUT2D eigenvalue weighted by Crippen LogP contribution is -2.12. The number of aromatic nitrogens is 2. The first-order valence-corrected chi connectivity index (χ1v) is 9.01. The number of carbonyl (C=O) groups is 2. The summed E-state index contributed by atoms with van der Waals surface area (Å²) >= 11 is 1.24. The highest BCUT2D eigenvalue weighted by Crippen LogP contribution is 2.29. The van der Waals surface area contributed by atoms with Crippen LogP contribution in [0.2, 0.25) is 0 Å². The van der Waals surface area contributed by atoms with Gasteiger partial charge in [0.05, 0.1) is 21.3 Å². The summed E-state index contributed by atoms with van der Waals surface area (Å²) in [6.45, 7) is 0. The second-order valence-corrected chi connectivity index (χ2v) is 7.08. The number of aromatic carboxylic acids is 1. The van der Waals surface area contributed by atoms with Crippen LogP contribution >= 0.6 is 11.3 Å². The predicted octanol–water partition coefficient (Wildman–Crippen LogP) is 4.21. The zero-order valence-electron chi connectivity index (χ0n) is 13.7. The van der Waals surface area contributed by atoms with Gasteiger partial charge in [0.15, 0.2) is 5.13 Å². The molecule has 7 heteroatoms. The number of anilines is 1. The van der Waals surface area contributed by atoms with E-state index in [9.17, 15) is 9.59 Å². The number of hydrogen-bond acceptors (Lipinski definition) is 5. The standard InChI is InChI=1S/C19H15N3O3S/c23-17(14-7-13(9-20-10-14)11-3-1-2-4-11)22-19-21-15-6-5-12(18(24)25)8-16(15)26-19/h3,5-10H,1-2,4H2,(H,24,25)(H,21,22,23). The van der Waals surface area contributed by atoms with Crippen LogP contribution in [-0.2, 0) is 0 Å². The number of amides is 1. The van der Waals surface area contributed by atoms with Crippen molar-refractivity contribution in [3.05, 3.63) is 59.4 Å². The van der Waals surface area contributed by atoms with Crippen molar-refractivity contribution < 1.29 is 14.7 Å². The molecular weight excluding hydrogens is 350 g/mol. The molecule has 0 atom stereocenters. The quantitative estimate of drug-likeness (QED) is 0.722. The van der Waals surface area contributed by atoms with Gasteiger partial charge in [0, 0.05) is 12.4 Å². The molecule has 6 nitrogen and oxygen atoms in total. The minimum Gasteiger partial charge on any atom is -0.478 e. The molecule has 0 aliphatic heterocycles. The van der Waals surface area contributed by atoms with Crippen LogP contribution in [0, 0.1) is 0 Å². The maximum Gasteiger partial charge on any atom is 0.335 e. The molecule has 1 amide bonds. The summed E-state index contributed by atoms with van der Waals surface area (Å²) in [5.74, 6) is -1.27. The van der Waals surface area contributed by atoms with Crippen molar-refractivity contribution in [1.29, 1.82) is 0 Å². The lowest BCUT2D eigenvalue weighted by molar-refractivity contribution is 0.0697. The van der Waals surface area contributed by atoms with Crippen LogP contribution in [0.1, 0.15) is 45.5 Å². The summed E-state index contributed by atoms with van der Waals surface area (Å²) in [4.78, 5) is 32.1. The number of rotatable bonds is 4. The molecule has 1 aliphatic rings. The lowest BCUT2D eigenvalue weighted by atomic mass is 10.1. The number of allylic oxidation sites excluding steroid dienone is 2. The summed E-state index contributed by atoms with van der Waals surface area (Å²) in [5.41, 5.74) is 3.53. The Bertz CT molecular complexity index is 1060. The Morgan fingerprint density at radius 1 is 1.15 bits per heavy atom. The predicted molar refractivity (Wildman–Crippen MR) is 101 cm³/mol. The first-order chi connectivity index (χ1) is 12.6. The zero-order chi connectivity index (χ0) is 18.1. The van der Waals surface area contributed by atoms with Gasteiger partial charge < -0.3 is 5.11 Å². The minimum atomic E-state index is -0.991. The molecule has 0 saturated heterocycles. The van der Waals surface area contributed by atoms with Gasteiger partial charge in [-0.15, -0.1) is 0 Å². The smallest absolute Gasteiger partial charge is 0.335 e. The molecule has 0 spiro atoms. The highest BCUT2D eigenvalue weighted by molar-refractivity contribution is 7.22.